The number of aliphatic hydroxyl groups is 2. The van der Waals surface area contributed by atoms with Crippen molar-refractivity contribution in [2.24, 2.45) is 0 Å². The van der Waals surface area contributed by atoms with Crippen LogP contribution in [0, 0.1) is 0 Å². The fourth-order valence-corrected chi connectivity index (χ4v) is 3.73. The Labute approximate surface area is 150 Å². The molecule has 0 saturated carbocycles. The van der Waals surface area contributed by atoms with E-state index in [1.165, 1.54) is 18.2 Å². The summed E-state index contributed by atoms with van der Waals surface area (Å²) in [7, 11) is -4.32. The minimum Gasteiger partial charge on any atom is -0.388 e. The zero-order chi connectivity index (χ0) is 19.2. The predicted molar refractivity (Wildman–Crippen MR) is 91.3 cm³/mol. The van der Waals surface area contributed by atoms with E-state index in [0.29, 0.717) is 0 Å². The van der Waals surface area contributed by atoms with Gasteiger partial charge in [0.15, 0.2) is 6.23 Å². The molecule has 1 saturated heterocycles. The first-order chi connectivity index (χ1) is 12.1. The Bertz CT molecular complexity index is 999. The molecule has 12 heteroatoms. The average molecular weight is 407 g/mol. The molecule has 1 fully saturated rings. The van der Waals surface area contributed by atoms with Crippen LogP contribution >= 0.6 is 19.2 Å². The zero-order valence-electron chi connectivity index (χ0n) is 13.1. The van der Waals surface area contributed by atoms with Gasteiger partial charge >= 0.3 is 13.3 Å². The lowest BCUT2D eigenvalue weighted by Crippen LogP contribution is -2.38. The summed E-state index contributed by atoms with van der Waals surface area (Å²) in [4.78, 5) is 44.3. The molecule has 5 N–H and O–H groups in total. The third kappa shape index (κ3) is 3.63. The molecule has 0 unspecified atom stereocenters. The smallest absolute Gasteiger partial charge is 0.331 e. The number of fused-ring (bicyclic) bond motifs is 1. The number of nitrogens with zero attached hydrogens (tertiary/aromatic N) is 1. The van der Waals surface area contributed by atoms with Gasteiger partial charge in [-0.2, -0.15) is 0 Å². The molecule has 1 aromatic carbocycles. The van der Waals surface area contributed by atoms with E-state index in [1.807, 2.05) is 0 Å². The van der Waals surface area contributed by atoms with E-state index in [9.17, 15) is 24.4 Å². The van der Waals surface area contributed by atoms with Gasteiger partial charge in [-0.05, 0) is 24.6 Å². The first-order valence-corrected chi connectivity index (χ1v) is 9.76. The summed E-state index contributed by atoms with van der Waals surface area (Å²) in [6, 6.07) is 4.19. The number of halogens is 1. The topological polar surface area (TPSA) is 162 Å². The number of aromatic amines is 1. The quantitative estimate of drug-likeness (QED) is 0.425. The number of aliphatic hydroxyl groups excluding tert-OH is 2. The van der Waals surface area contributed by atoms with Crippen LogP contribution in [0.3, 0.4) is 0 Å². The highest BCUT2D eigenvalue weighted by atomic mass is 35.5. The highest BCUT2D eigenvalue weighted by Crippen LogP contribution is 2.39. The Kier molecular flexibility index (Phi) is 5.11. The number of nitrogens with one attached hydrogen (secondary N) is 1. The Balaban J connectivity index is 2.03. The van der Waals surface area contributed by atoms with Gasteiger partial charge in [0.25, 0.3) is 5.56 Å². The number of benzene rings is 1. The molecule has 0 aliphatic carbocycles. The van der Waals surface area contributed by atoms with E-state index in [0.717, 1.165) is 4.57 Å². The van der Waals surface area contributed by atoms with Crippen molar-refractivity contribution in [1.29, 1.82) is 0 Å². The molecule has 1 aliphatic heterocycles. The fourth-order valence-electron chi connectivity index (χ4n) is 2.96. The highest BCUT2D eigenvalue weighted by Gasteiger charge is 2.44. The van der Waals surface area contributed by atoms with E-state index in [2.05, 4.69) is 4.98 Å². The standard InChI is InChI=1S/C14H16ClN2O8P/c15-6-1-2-8-7(5-6)12(20)16-14(21)17(8)13-11(19)10(18)9(25-13)3-4-26(22,23)24/h1-2,5,9-11,13,18-19H,3-4H2,(H,16,20,21)(H2,22,23,24)/t9-,10-,11-,13-/m1/s1. The van der Waals surface area contributed by atoms with Crippen molar-refractivity contribution in [3.63, 3.8) is 0 Å². The van der Waals surface area contributed by atoms with Crippen molar-refractivity contribution in [3.8, 4) is 0 Å². The van der Waals surface area contributed by atoms with E-state index in [4.69, 9.17) is 26.1 Å². The minimum atomic E-state index is -4.32. The number of ether oxygens (including phenoxy) is 1. The predicted octanol–water partition coefficient (Wildman–Crippen LogP) is -0.470. The molecule has 26 heavy (non-hydrogen) atoms. The monoisotopic (exact) mass is 406 g/mol. The number of hydrogen-bond acceptors (Lipinski definition) is 6. The Morgan fingerprint density at radius 1 is 1.23 bits per heavy atom. The summed E-state index contributed by atoms with van der Waals surface area (Å²) >= 11 is 5.87. The molecule has 0 radical (unpaired) electrons. The van der Waals surface area contributed by atoms with Crippen molar-refractivity contribution in [1.82, 2.24) is 9.55 Å². The number of H-pyrrole nitrogens is 1. The molecule has 1 aliphatic rings. The molecule has 142 valence electrons. The van der Waals surface area contributed by atoms with Gasteiger partial charge in [0.05, 0.1) is 23.2 Å². The van der Waals surface area contributed by atoms with Crippen molar-refractivity contribution in [3.05, 3.63) is 44.1 Å². The first kappa shape index (κ1) is 19.2. The highest BCUT2D eigenvalue weighted by molar-refractivity contribution is 7.51. The van der Waals surface area contributed by atoms with Crippen LogP contribution < -0.4 is 11.2 Å². The molecule has 4 atom stereocenters. The zero-order valence-corrected chi connectivity index (χ0v) is 14.8. The lowest BCUT2D eigenvalue weighted by Gasteiger charge is -2.19. The van der Waals surface area contributed by atoms with Crippen LogP contribution in [0.1, 0.15) is 12.6 Å². The van der Waals surface area contributed by atoms with Crippen molar-refractivity contribution in [2.75, 3.05) is 6.16 Å². The van der Waals surface area contributed by atoms with Gasteiger partial charge in [0.1, 0.15) is 12.2 Å². The van der Waals surface area contributed by atoms with Gasteiger partial charge in [-0.1, -0.05) is 11.6 Å². The van der Waals surface area contributed by atoms with E-state index in [1.54, 1.807) is 0 Å². The molecule has 2 heterocycles. The SMILES string of the molecule is O=c1[nH]c(=O)n([C@@H]2O[C@H](CCP(=O)(O)O)[C@@H](O)[C@H]2O)c2ccc(Cl)cc12. The van der Waals surface area contributed by atoms with Crippen LogP contribution in [0.4, 0.5) is 0 Å². The molecule has 10 nitrogen and oxygen atoms in total. The molecule has 0 amide bonds. The molecular formula is C14H16ClN2O8P. The third-order valence-corrected chi connectivity index (χ3v) is 5.27. The lowest BCUT2D eigenvalue weighted by atomic mass is 10.1. The van der Waals surface area contributed by atoms with Gasteiger partial charge in [0.2, 0.25) is 0 Å². The van der Waals surface area contributed by atoms with Gasteiger partial charge in [-0.15, -0.1) is 0 Å². The van der Waals surface area contributed by atoms with E-state index >= 15 is 0 Å². The number of rotatable bonds is 4. The molecule has 1 aromatic heterocycles. The molecule has 0 spiro atoms. The second-order valence-electron chi connectivity index (χ2n) is 6.01. The largest absolute Gasteiger partial charge is 0.388 e. The van der Waals surface area contributed by atoms with Crippen LogP contribution in [-0.4, -0.2) is 54.0 Å². The van der Waals surface area contributed by atoms with E-state index < -0.39 is 49.5 Å². The second kappa shape index (κ2) is 6.90. The number of hydrogen-bond donors (Lipinski definition) is 5. The van der Waals surface area contributed by atoms with Crippen LogP contribution in [-0.2, 0) is 9.30 Å². The van der Waals surface area contributed by atoms with Gasteiger partial charge in [-0.3, -0.25) is 18.9 Å². The Hall–Kier alpha value is -1.52. The van der Waals surface area contributed by atoms with Gasteiger partial charge in [0, 0.05) is 5.02 Å². The number of aromatic nitrogens is 2. The van der Waals surface area contributed by atoms with Crippen LogP contribution in [0.25, 0.3) is 10.9 Å². The summed E-state index contributed by atoms with van der Waals surface area (Å²) < 4.78 is 17.5. The molecule has 0 bridgehead atoms. The van der Waals surface area contributed by atoms with Crippen molar-refractivity contribution in [2.45, 2.75) is 31.0 Å². The molecule has 3 rings (SSSR count). The minimum absolute atomic E-state index is 0.0843. The maximum Gasteiger partial charge on any atom is 0.331 e. The summed E-state index contributed by atoms with van der Waals surface area (Å²) in [5, 5.41) is 20.7. The maximum absolute atomic E-state index is 12.3. The third-order valence-electron chi connectivity index (χ3n) is 4.20. The lowest BCUT2D eigenvalue weighted by molar-refractivity contribution is -0.0377. The van der Waals surface area contributed by atoms with Crippen LogP contribution in [0.2, 0.25) is 5.02 Å². The summed E-state index contributed by atoms with van der Waals surface area (Å²) in [6.45, 7) is 0. The summed E-state index contributed by atoms with van der Waals surface area (Å²) in [6.07, 6.45) is -6.22. The van der Waals surface area contributed by atoms with Gasteiger partial charge < -0.3 is 24.7 Å². The first-order valence-electron chi connectivity index (χ1n) is 7.59. The van der Waals surface area contributed by atoms with E-state index in [-0.39, 0.29) is 22.3 Å². The van der Waals surface area contributed by atoms with Gasteiger partial charge in [-0.25, -0.2) is 4.79 Å². The summed E-state index contributed by atoms with van der Waals surface area (Å²) in [5.41, 5.74) is -1.40. The maximum atomic E-state index is 12.3. The van der Waals surface area contributed by atoms with Crippen LogP contribution in [0.5, 0.6) is 0 Å². The fraction of sp³-hybridized carbons (Fsp3) is 0.429. The van der Waals surface area contributed by atoms with Crippen molar-refractivity contribution < 1.29 is 29.3 Å². The Morgan fingerprint density at radius 3 is 2.58 bits per heavy atom. The second-order valence-corrected chi connectivity index (χ2v) is 8.23. The van der Waals surface area contributed by atoms with Crippen LogP contribution in [0.15, 0.2) is 27.8 Å². The Morgan fingerprint density at radius 2 is 1.92 bits per heavy atom. The normalized spacial score (nSPS) is 26.5. The average Bonchev–Trinajstić information content (AvgIpc) is 2.81. The summed E-state index contributed by atoms with van der Waals surface area (Å²) in [5.74, 6) is 0. The molecular weight excluding hydrogens is 391 g/mol. The molecule has 2 aromatic rings. The van der Waals surface area contributed by atoms with Crippen molar-refractivity contribution >= 4 is 30.1 Å².